The summed E-state index contributed by atoms with van der Waals surface area (Å²) in [6.45, 7) is 2.08. The maximum absolute atomic E-state index is 11.8. The van der Waals surface area contributed by atoms with E-state index >= 15 is 0 Å². The minimum atomic E-state index is -1.01. The maximum atomic E-state index is 11.8. The molecule has 1 aromatic heterocycles. The first-order valence-electron chi connectivity index (χ1n) is 6.08. The zero-order valence-corrected chi connectivity index (χ0v) is 13.5. The highest BCUT2D eigenvalue weighted by atomic mass is 79.9. The van der Waals surface area contributed by atoms with Gasteiger partial charge in [-0.2, -0.15) is 0 Å². The fourth-order valence-electron chi connectivity index (χ4n) is 1.78. The summed E-state index contributed by atoms with van der Waals surface area (Å²) in [5, 5.41) is 16.4. The second-order valence-electron chi connectivity index (χ2n) is 4.32. The van der Waals surface area contributed by atoms with Crippen LogP contribution < -0.4 is 10.6 Å². The van der Waals surface area contributed by atoms with Crippen molar-refractivity contribution in [1.82, 2.24) is 5.32 Å². The zero-order valence-electron chi connectivity index (χ0n) is 11.1. The molecule has 110 valence electrons. The number of aromatic carboxylic acids is 1. The van der Waals surface area contributed by atoms with Crippen molar-refractivity contribution in [3.63, 3.8) is 0 Å². The molecule has 2 rings (SSSR count). The summed E-state index contributed by atoms with van der Waals surface area (Å²) in [7, 11) is 0. The lowest BCUT2D eigenvalue weighted by Gasteiger charge is -2.11. The van der Waals surface area contributed by atoms with Gasteiger partial charge in [-0.25, -0.2) is 9.59 Å². The SMILES string of the molecule is Cc1c(NC(=O)NCc2cc(Br)cs2)cccc1C(=O)O. The van der Waals surface area contributed by atoms with Crippen LogP contribution in [0.4, 0.5) is 10.5 Å². The second-order valence-corrected chi connectivity index (χ2v) is 6.23. The van der Waals surface area contributed by atoms with Crippen molar-refractivity contribution >= 4 is 45.0 Å². The van der Waals surface area contributed by atoms with Crippen LogP contribution in [0.3, 0.4) is 0 Å². The molecule has 1 heterocycles. The van der Waals surface area contributed by atoms with Gasteiger partial charge in [-0.05, 0) is 46.6 Å². The van der Waals surface area contributed by atoms with E-state index in [1.807, 2.05) is 11.4 Å². The van der Waals surface area contributed by atoms with Gasteiger partial charge in [0.15, 0.2) is 0 Å². The fourth-order valence-corrected chi connectivity index (χ4v) is 3.17. The number of nitrogens with one attached hydrogen (secondary N) is 2. The lowest BCUT2D eigenvalue weighted by molar-refractivity contribution is 0.0696. The minimum Gasteiger partial charge on any atom is -0.478 e. The number of thiophene rings is 1. The molecule has 0 bridgehead atoms. The van der Waals surface area contributed by atoms with Gasteiger partial charge in [0.05, 0.1) is 12.1 Å². The fraction of sp³-hybridized carbons (Fsp3) is 0.143. The van der Waals surface area contributed by atoms with Crippen LogP contribution in [0.2, 0.25) is 0 Å². The normalized spacial score (nSPS) is 10.2. The van der Waals surface area contributed by atoms with Gasteiger partial charge in [0.25, 0.3) is 0 Å². The molecule has 3 N–H and O–H groups in total. The van der Waals surface area contributed by atoms with E-state index in [1.54, 1.807) is 30.4 Å². The van der Waals surface area contributed by atoms with E-state index in [-0.39, 0.29) is 11.6 Å². The summed E-state index contributed by atoms with van der Waals surface area (Å²) in [6, 6.07) is 6.33. The molecule has 5 nitrogen and oxygen atoms in total. The minimum absolute atomic E-state index is 0.176. The quantitative estimate of drug-likeness (QED) is 0.766. The first kappa shape index (κ1) is 15.5. The van der Waals surface area contributed by atoms with Crippen molar-refractivity contribution in [2.45, 2.75) is 13.5 Å². The molecule has 0 aliphatic heterocycles. The Hall–Kier alpha value is -1.86. The Morgan fingerprint density at radius 3 is 2.76 bits per heavy atom. The molecular weight excluding hydrogens is 356 g/mol. The van der Waals surface area contributed by atoms with Gasteiger partial charge in [0.2, 0.25) is 0 Å². The van der Waals surface area contributed by atoms with E-state index < -0.39 is 5.97 Å². The first-order chi connectivity index (χ1) is 9.97. The molecule has 0 saturated heterocycles. The molecule has 0 aliphatic rings. The Morgan fingerprint density at radius 1 is 1.38 bits per heavy atom. The van der Waals surface area contributed by atoms with Gasteiger partial charge < -0.3 is 15.7 Å². The number of anilines is 1. The first-order valence-corrected chi connectivity index (χ1v) is 7.75. The molecular formula is C14H13BrN2O3S. The number of hydrogen-bond donors (Lipinski definition) is 3. The second kappa shape index (κ2) is 6.73. The summed E-state index contributed by atoms with van der Waals surface area (Å²) in [5.41, 5.74) is 1.19. The number of carboxylic acids is 1. The van der Waals surface area contributed by atoms with Crippen molar-refractivity contribution < 1.29 is 14.7 Å². The molecule has 0 fully saturated rings. The van der Waals surface area contributed by atoms with E-state index in [0.717, 1.165) is 9.35 Å². The van der Waals surface area contributed by atoms with Crippen LogP contribution in [0.1, 0.15) is 20.8 Å². The molecule has 2 aromatic rings. The summed E-state index contributed by atoms with van der Waals surface area (Å²) in [6.07, 6.45) is 0. The monoisotopic (exact) mass is 368 g/mol. The highest BCUT2D eigenvalue weighted by Gasteiger charge is 2.11. The third-order valence-electron chi connectivity index (χ3n) is 2.86. The Kier molecular flexibility index (Phi) is 4.98. The smallest absolute Gasteiger partial charge is 0.336 e. The van der Waals surface area contributed by atoms with Crippen molar-refractivity contribution in [3.05, 3.63) is 50.1 Å². The van der Waals surface area contributed by atoms with E-state index in [4.69, 9.17) is 5.11 Å². The number of carbonyl (C=O) groups excluding carboxylic acids is 1. The number of benzene rings is 1. The van der Waals surface area contributed by atoms with Gasteiger partial charge in [-0.3, -0.25) is 0 Å². The van der Waals surface area contributed by atoms with Gasteiger partial charge in [-0.15, -0.1) is 11.3 Å². The van der Waals surface area contributed by atoms with E-state index in [2.05, 4.69) is 26.6 Å². The molecule has 0 radical (unpaired) electrons. The van der Waals surface area contributed by atoms with E-state index in [1.165, 1.54) is 6.07 Å². The predicted molar refractivity (Wildman–Crippen MR) is 86.0 cm³/mol. The summed E-state index contributed by atoms with van der Waals surface area (Å²) in [4.78, 5) is 23.9. The van der Waals surface area contributed by atoms with Gasteiger partial charge in [0, 0.05) is 20.4 Å². The van der Waals surface area contributed by atoms with Crippen LogP contribution in [0.5, 0.6) is 0 Å². The van der Waals surface area contributed by atoms with Crippen LogP contribution in [-0.2, 0) is 6.54 Å². The lowest BCUT2D eigenvalue weighted by Crippen LogP contribution is -2.28. The van der Waals surface area contributed by atoms with E-state index in [9.17, 15) is 9.59 Å². The third-order valence-corrected chi connectivity index (χ3v) is 4.55. The van der Waals surface area contributed by atoms with E-state index in [0.29, 0.717) is 17.8 Å². The van der Waals surface area contributed by atoms with Crippen molar-refractivity contribution in [2.75, 3.05) is 5.32 Å². The standard InChI is InChI=1S/C14H13BrN2O3S/c1-8-11(13(18)19)3-2-4-12(8)17-14(20)16-6-10-5-9(15)7-21-10/h2-5,7H,6H2,1H3,(H,18,19)(H2,16,17,20). The highest BCUT2D eigenvalue weighted by Crippen LogP contribution is 2.20. The Labute approximate surface area is 134 Å². The molecule has 0 spiro atoms. The van der Waals surface area contributed by atoms with Crippen molar-refractivity contribution in [3.8, 4) is 0 Å². The van der Waals surface area contributed by atoms with Gasteiger partial charge in [0.1, 0.15) is 0 Å². The predicted octanol–water partition coefficient (Wildman–Crippen LogP) is 3.84. The number of carbonyl (C=O) groups is 2. The van der Waals surface area contributed by atoms with Crippen LogP contribution in [-0.4, -0.2) is 17.1 Å². The topological polar surface area (TPSA) is 78.4 Å². The Balaban J connectivity index is 1.99. The number of rotatable bonds is 4. The number of halogens is 1. The summed E-state index contributed by atoms with van der Waals surface area (Å²) < 4.78 is 0.981. The molecule has 0 aliphatic carbocycles. The molecule has 21 heavy (non-hydrogen) atoms. The van der Waals surface area contributed by atoms with Crippen LogP contribution in [0.25, 0.3) is 0 Å². The largest absolute Gasteiger partial charge is 0.478 e. The van der Waals surface area contributed by atoms with Crippen LogP contribution in [0.15, 0.2) is 34.1 Å². The van der Waals surface area contributed by atoms with Gasteiger partial charge in [-0.1, -0.05) is 6.07 Å². The molecule has 1 aromatic carbocycles. The third kappa shape index (κ3) is 4.05. The number of urea groups is 1. The summed E-state index contributed by atoms with van der Waals surface area (Å²) in [5.74, 6) is -1.01. The molecule has 7 heteroatoms. The lowest BCUT2D eigenvalue weighted by atomic mass is 10.1. The average Bonchev–Trinajstić information content (AvgIpc) is 2.84. The molecule has 2 amide bonds. The number of hydrogen-bond acceptors (Lipinski definition) is 3. The van der Waals surface area contributed by atoms with Crippen molar-refractivity contribution in [1.29, 1.82) is 0 Å². The Bertz CT molecular complexity index is 685. The van der Waals surface area contributed by atoms with Crippen molar-refractivity contribution in [2.24, 2.45) is 0 Å². The highest BCUT2D eigenvalue weighted by molar-refractivity contribution is 9.10. The average molecular weight is 369 g/mol. The van der Waals surface area contributed by atoms with Crippen LogP contribution in [0, 0.1) is 6.92 Å². The zero-order chi connectivity index (χ0) is 15.4. The molecule has 0 unspecified atom stereocenters. The summed E-state index contributed by atoms with van der Waals surface area (Å²) >= 11 is 4.89. The number of carboxylic acid groups (broad SMARTS) is 1. The number of amides is 2. The molecule has 0 saturated carbocycles. The Morgan fingerprint density at radius 2 is 2.14 bits per heavy atom. The molecule has 0 atom stereocenters. The maximum Gasteiger partial charge on any atom is 0.336 e. The van der Waals surface area contributed by atoms with Gasteiger partial charge >= 0.3 is 12.0 Å². The van der Waals surface area contributed by atoms with Crippen LogP contribution >= 0.6 is 27.3 Å².